The van der Waals surface area contributed by atoms with E-state index < -0.39 is 5.91 Å². The van der Waals surface area contributed by atoms with Gasteiger partial charge in [-0.3, -0.25) is 9.59 Å². The summed E-state index contributed by atoms with van der Waals surface area (Å²) in [6, 6.07) is 20.4. The molecule has 8 heteroatoms. The summed E-state index contributed by atoms with van der Waals surface area (Å²) >= 11 is 12.1. The third-order valence-corrected chi connectivity index (χ3v) is 5.54. The molecule has 0 atom stereocenters. The van der Waals surface area contributed by atoms with E-state index in [4.69, 9.17) is 27.9 Å². The fourth-order valence-corrected chi connectivity index (χ4v) is 3.44. The number of nitrogens with one attached hydrogen (secondary N) is 1. The Labute approximate surface area is 200 Å². The van der Waals surface area contributed by atoms with Crippen molar-refractivity contribution in [2.75, 3.05) is 5.32 Å². The van der Waals surface area contributed by atoms with Gasteiger partial charge in [0.15, 0.2) is 18.2 Å². The van der Waals surface area contributed by atoms with Crippen LogP contribution in [0.1, 0.15) is 32.0 Å². The summed E-state index contributed by atoms with van der Waals surface area (Å²) in [4.78, 5) is 25.7. The van der Waals surface area contributed by atoms with Crippen molar-refractivity contribution in [1.29, 1.82) is 0 Å². The second-order valence-electron chi connectivity index (χ2n) is 7.26. The average molecular weight is 480 g/mol. The molecule has 0 fully saturated rings. The van der Waals surface area contributed by atoms with Gasteiger partial charge in [-0.1, -0.05) is 53.5 Å². The molecule has 166 valence electrons. The van der Waals surface area contributed by atoms with Crippen molar-refractivity contribution in [3.63, 3.8) is 0 Å². The molecule has 6 nitrogen and oxygen atoms in total. The molecule has 33 heavy (non-hydrogen) atoms. The second-order valence-corrected chi connectivity index (χ2v) is 8.11. The molecular formula is C25H19Cl2N3O3. The number of aromatic nitrogens is 2. The van der Waals surface area contributed by atoms with Crippen LogP contribution < -0.4 is 10.1 Å². The van der Waals surface area contributed by atoms with Crippen LogP contribution in [0.3, 0.4) is 0 Å². The molecule has 0 saturated heterocycles. The zero-order valence-electron chi connectivity index (χ0n) is 17.6. The van der Waals surface area contributed by atoms with Gasteiger partial charge in [0, 0.05) is 27.4 Å². The number of aryl methyl sites for hydroxylation is 1. The van der Waals surface area contributed by atoms with E-state index in [0.717, 1.165) is 5.56 Å². The number of hydrogen-bond acceptors (Lipinski definition) is 4. The Balaban J connectivity index is 1.47. The SMILES string of the molecule is Cc1cc(OCn2ccc(C(=O)Nc3ccc(Cl)cc3C(=O)c3ccccc3)n2)ccc1Cl. The average Bonchev–Trinajstić information content (AvgIpc) is 3.30. The van der Waals surface area contributed by atoms with Crippen molar-refractivity contribution in [3.8, 4) is 5.75 Å². The van der Waals surface area contributed by atoms with Crippen LogP contribution in [0.4, 0.5) is 5.69 Å². The highest BCUT2D eigenvalue weighted by Gasteiger charge is 2.18. The third kappa shape index (κ3) is 5.42. The van der Waals surface area contributed by atoms with Crippen molar-refractivity contribution >= 4 is 40.6 Å². The lowest BCUT2D eigenvalue weighted by Crippen LogP contribution is -2.16. The molecule has 4 aromatic rings. The maximum Gasteiger partial charge on any atom is 0.276 e. The van der Waals surface area contributed by atoms with Crippen LogP contribution in [0.15, 0.2) is 79.0 Å². The molecule has 1 N–H and O–H groups in total. The summed E-state index contributed by atoms with van der Waals surface area (Å²) in [5.74, 6) is -0.0604. The van der Waals surface area contributed by atoms with E-state index in [2.05, 4.69) is 10.4 Å². The van der Waals surface area contributed by atoms with E-state index in [1.54, 1.807) is 60.8 Å². The topological polar surface area (TPSA) is 73.2 Å². The minimum absolute atomic E-state index is 0.118. The van der Waals surface area contributed by atoms with Crippen LogP contribution >= 0.6 is 23.2 Å². The fraction of sp³-hybridized carbons (Fsp3) is 0.0800. The summed E-state index contributed by atoms with van der Waals surface area (Å²) in [7, 11) is 0. The quantitative estimate of drug-likeness (QED) is 0.329. The predicted octanol–water partition coefficient (Wildman–Crippen LogP) is 6.02. The van der Waals surface area contributed by atoms with Gasteiger partial charge >= 0.3 is 0 Å². The van der Waals surface area contributed by atoms with Crippen LogP contribution in [0.2, 0.25) is 10.0 Å². The van der Waals surface area contributed by atoms with Gasteiger partial charge in [-0.05, 0) is 55.0 Å². The first kappa shape index (κ1) is 22.6. The second kappa shape index (κ2) is 9.90. The summed E-state index contributed by atoms with van der Waals surface area (Å²) < 4.78 is 7.20. The van der Waals surface area contributed by atoms with Crippen LogP contribution in [-0.2, 0) is 6.73 Å². The largest absolute Gasteiger partial charge is 0.471 e. The third-order valence-electron chi connectivity index (χ3n) is 4.88. The molecule has 0 aliphatic rings. The lowest BCUT2D eigenvalue weighted by Gasteiger charge is -2.10. The first-order chi connectivity index (χ1) is 15.9. The number of nitrogens with zero attached hydrogens (tertiary/aromatic N) is 2. The van der Waals surface area contributed by atoms with Crippen molar-refractivity contribution in [3.05, 3.63) is 111 Å². The number of ether oxygens (including phenoxy) is 1. The van der Waals surface area contributed by atoms with E-state index in [9.17, 15) is 9.59 Å². The molecule has 1 amide bonds. The van der Waals surface area contributed by atoms with Crippen LogP contribution in [0.5, 0.6) is 5.75 Å². The highest BCUT2D eigenvalue weighted by Crippen LogP contribution is 2.24. The highest BCUT2D eigenvalue weighted by molar-refractivity contribution is 6.31. The van der Waals surface area contributed by atoms with Gasteiger partial charge in [-0.2, -0.15) is 5.10 Å². The Morgan fingerprint density at radius 2 is 1.79 bits per heavy atom. The number of hydrogen-bond donors (Lipinski definition) is 1. The summed E-state index contributed by atoms with van der Waals surface area (Å²) in [6.45, 7) is 2.01. The number of anilines is 1. The number of benzene rings is 3. The smallest absolute Gasteiger partial charge is 0.276 e. The first-order valence-corrected chi connectivity index (χ1v) is 10.8. The van der Waals surface area contributed by atoms with Gasteiger partial charge in [0.1, 0.15) is 5.75 Å². The molecule has 0 saturated carbocycles. The zero-order valence-corrected chi connectivity index (χ0v) is 19.1. The van der Waals surface area contributed by atoms with E-state index in [1.165, 1.54) is 10.7 Å². The highest BCUT2D eigenvalue weighted by atomic mass is 35.5. The minimum Gasteiger partial charge on any atom is -0.471 e. The Morgan fingerprint density at radius 3 is 2.55 bits per heavy atom. The number of rotatable bonds is 7. The van der Waals surface area contributed by atoms with Crippen molar-refractivity contribution in [2.45, 2.75) is 13.7 Å². The number of ketones is 1. The van der Waals surface area contributed by atoms with Gasteiger partial charge < -0.3 is 10.1 Å². The van der Waals surface area contributed by atoms with E-state index in [0.29, 0.717) is 32.6 Å². The van der Waals surface area contributed by atoms with Gasteiger partial charge in [0.2, 0.25) is 0 Å². The molecular weight excluding hydrogens is 461 g/mol. The predicted molar refractivity (Wildman–Crippen MR) is 128 cm³/mol. The number of halogens is 2. The van der Waals surface area contributed by atoms with Gasteiger partial charge in [-0.25, -0.2) is 4.68 Å². The summed E-state index contributed by atoms with van der Waals surface area (Å²) in [5, 5.41) is 8.06. The fourth-order valence-electron chi connectivity index (χ4n) is 3.15. The van der Waals surface area contributed by atoms with E-state index >= 15 is 0 Å². The normalized spacial score (nSPS) is 10.6. The Hall–Kier alpha value is -3.61. The standard InChI is InChI=1S/C25H19Cl2N3O3/c1-16-13-19(8-9-21(16)27)33-15-30-12-11-23(29-30)25(32)28-22-10-7-18(26)14-20(22)24(31)17-5-3-2-4-6-17/h2-14H,15H2,1H3,(H,28,32). The molecule has 0 unspecified atom stereocenters. The monoisotopic (exact) mass is 479 g/mol. The number of carbonyl (C=O) groups is 2. The van der Waals surface area contributed by atoms with Gasteiger partial charge in [0.05, 0.1) is 5.69 Å². The number of amides is 1. The maximum atomic E-state index is 13.0. The Bertz CT molecular complexity index is 1320. The van der Waals surface area contributed by atoms with Crippen LogP contribution in [0.25, 0.3) is 0 Å². The van der Waals surface area contributed by atoms with Crippen LogP contribution in [-0.4, -0.2) is 21.5 Å². The lowest BCUT2D eigenvalue weighted by atomic mass is 10.0. The van der Waals surface area contributed by atoms with Crippen molar-refractivity contribution in [1.82, 2.24) is 9.78 Å². The van der Waals surface area contributed by atoms with Crippen molar-refractivity contribution < 1.29 is 14.3 Å². The molecule has 0 aliphatic carbocycles. The minimum atomic E-state index is -0.458. The molecule has 3 aromatic carbocycles. The van der Waals surface area contributed by atoms with Gasteiger partial charge in [-0.15, -0.1) is 0 Å². The number of carbonyl (C=O) groups excluding carboxylic acids is 2. The molecule has 4 rings (SSSR count). The molecule has 0 radical (unpaired) electrons. The Morgan fingerprint density at radius 1 is 1.00 bits per heavy atom. The molecule has 0 bridgehead atoms. The van der Waals surface area contributed by atoms with Crippen molar-refractivity contribution in [2.24, 2.45) is 0 Å². The molecule has 0 spiro atoms. The summed E-state index contributed by atoms with van der Waals surface area (Å²) in [6.07, 6.45) is 1.63. The zero-order chi connectivity index (χ0) is 23.4. The van der Waals surface area contributed by atoms with Gasteiger partial charge in [0.25, 0.3) is 5.91 Å². The van der Waals surface area contributed by atoms with Crippen LogP contribution in [0, 0.1) is 6.92 Å². The maximum absolute atomic E-state index is 13.0. The lowest BCUT2D eigenvalue weighted by molar-refractivity contribution is 0.102. The summed E-state index contributed by atoms with van der Waals surface area (Å²) in [5.41, 5.74) is 2.22. The first-order valence-electron chi connectivity index (χ1n) is 10.0. The molecule has 1 heterocycles. The Kier molecular flexibility index (Phi) is 6.77. The molecule has 1 aromatic heterocycles. The van der Waals surface area contributed by atoms with E-state index in [1.807, 2.05) is 19.1 Å². The van der Waals surface area contributed by atoms with E-state index in [-0.39, 0.29) is 18.2 Å². The molecule has 0 aliphatic heterocycles.